The molecule has 2 atom stereocenters. The van der Waals surface area contributed by atoms with Gasteiger partial charge < -0.3 is 10.5 Å². The molecule has 27 heavy (non-hydrogen) atoms. The molecule has 8 nitrogen and oxygen atoms in total. The van der Waals surface area contributed by atoms with Crippen LogP contribution in [0, 0.1) is 16.0 Å². The van der Waals surface area contributed by atoms with Crippen molar-refractivity contribution in [3.8, 4) is 5.75 Å². The molecule has 0 saturated carbocycles. The molecule has 9 heteroatoms. The fraction of sp³-hybridized carbons (Fsp3) is 0.333. The smallest absolute Gasteiger partial charge is 0.312 e. The summed E-state index contributed by atoms with van der Waals surface area (Å²) in [5, 5.41) is 11.2. The van der Waals surface area contributed by atoms with Gasteiger partial charge >= 0.3 is 5.69 Å². The topological polar surface area (TPSA) is 116 Å². The van der Waals surface area contributed by atoms with E-state index in [0.717, 1.165) is 11.6 Å². The van der Waals surface area contributed by atoms with Gasteiger partial charge in [0, 0.05) is 25.1 Å². The Bertz CT molecular complexity index is 933. The van der Waals surface area contributed by atoms with Gasteiger partial charge in [-0.3, -0.25) is 10.1 Å². The van der Waals surface area contributed by atoms with Crippen LogP contribution in [-0.4, -0.2) is 44.4 Å². The molecule has 1 saturated heterocycles. The van der Waals surface area contributed by atoms with Crippen molar-refractivity contribution >= 4 is 15.7 Å². The fourth-order valence-corrected chi connectivity index (χ4v) is 5.01. The minimum Gasteiger partial charge on any atom is -0.490 e. The third-order valence-corrected chi connectivity index (χ3v) is 6.75. The Morgan fingerprint density at radius 2 is 1.93 bits per heavy atom. The van der Waals surface area contributed by atoms with E-state index in [0.29, 0.717) is 6.54 Å². The SMILES string of the molecule is COc1ccc(S(=O)(=O)N2C[C@@H](CN)[C@H](c3ccccc3)C2)cc1[N+](=O)[O-]. The summed E-state index contributed by atoms with van der Waals surface area (Å²) in [4.78, 5) is 10.4. The second-order valence-corrected chi connectivity index (χ2v) is 8.36. The van der Waals surface area contributed by atoms with Crippen molar-refractivity contribution in [1.29, 1.82) is 0 Å². The average molecular weight is 391 g/mol. The van der Waals surface area contributed by atoms with E-state index in [1.165, 1.54) is 23.5 Å². The second-order valence-electron chi connectivity index (χ2n) is 6.43. The maximum Gasteiger partial charge on any atom is 0.312 e. The molecule has 2 N–H and O–H groups in total. The van der Waals surface area contributed by atoms with Crippen LogP contribution in [0.4, 0.5) is 5.69 Å². The number of nitro benzene ring substituents is 1. The van der Waals surface area contributed by atoms with Gasteiger partial charge in [-0.25, -0.2) is 8.42 Å². The summed E-state index contributed by atoms with van der Waals surface area (Å²) in [5.41, 5.74) is 6.53. The fourth-order valence-electron chi connectivity index (χ4n) is 3.47. The van der Waals surface area contributed by atoms with Crippen molar-refractivity contribution < 1.29 is 18.1 Å². The highest BCUT2D eigenvalue weighted by Crippen LogP contribution is 2.37. The summed E-state index contributed by atoms with van der Waals surface area (Å²) < 4.78 is 32.4. The van der Waals surface area contributed by atoms with Gasteiger partial charge in [0.15, 0.2) is 5.75 Å². The van der Waals surface area contributed by atoms with Crippen LogP contribution in [0.2, 0.25) is 0 Å². The minimum atomic E-state index is -3.89. The van der Waals surface area contributed by atoms with Crippen LogP contribution in [0.15, 0.2) is 53.4 Å². The molecule has 0 spiro atoms. The number of sulfonamides is 1. The van der Waals surface area contributed by atoms with Crippen molar-refractivity contribution in [1.82, 2.24) is 4.31 Å². The molecule has 0 radical (unpaired) electrons. The molecule has 2 aromatic rings. The number of nitro groups is 1. The number of rotatable bonds is 6. The molecule has 1 aliphatic rings. The third kappa shape index (κ3) is 3.66. The zero-order valence-corrected chi connectivity index (χ0v) is 15.6. The van der Waals surface area contributed by atoms with E-state index in [2.05, 4.69) is 0 Å². The van der Waals surface area contributed by atoms with E-state index in [9.17, 15) is 18.5 Å². The number of nitrogens with zero attached hydrogens (tertiary/aromatic N) is 2. The lowest BCUT2D eigenvalue weighted by atomic mass is 9.89. The quantitative estimate of drug-likeness (QED) is 0.594. The molecular formula is C18H21N3O5S. The molecule has 0 aliphatic carbocycles. The number of nitrogens with two attached hydrogens (primary N) is 1. The van der Waals surface area contributed by atoms with E-state index in [1.807, 2.05) is 30.3 Å². The van der Waals surface area contributed by atoms with E-state index in [-0.39, 0.29) is 41.3 Å². The van der Waals surface area contributed by atoms with Crippen molar-refractivity contribution in [3.63, 3.8) is 0 Å². The number of benzene rings is 2. The van der Waals surface area contributed by atoms with Gasteiger partial charge in [0.05, 0.1) is 16.9 Å². The second kappa shape index (κ2) is 7.63. The first kappa shape index (κ1) is 19.3. The highest BCUT2D eigenvalue weighted by molar-refractivity contribution is 7.89. The van der Waals surface area contributed by atoms with Crippen molar-refractivity contribution in [3.05, 3.63) is 64.2 Å². The predicted molar refractivity (Wildman–Crippen MR) is 100 cm³/mol. The maximum absolute atomic E-state index is 13.1. The number of hydrogen-bond acceptors (Lipinski definition) is 6. The number of methoxy groups -OCH3 is 1. The van der Waals surface area contributed by atoms with Crippen LogP contribution in [-0.2, 0) is 10.0 Å². The van der Waals surface area contributed by atoms with Gasteiger partial charge in [-0.1, -0.05) is 30.3 Å². The highest BCUT2D eigenvalue weighted by atomic mass is 32.2. The lowest BCUT2D eigenvalue weighted by Gasteiger charge is -2.17. The normalized spacial score (nSPS) is 20.5. The zero-order chi connectivity index (χ0) is 19.6. The lowest BCUT2D eigenvalue weighted by molar-refractivity contribution is -0.386. The average Bonchev–Trinajstić information content (AvgIpc) is 3.13. The Hall–Kier alpha value is -2.49. The first-order valence-corrected chi connectivity index (χ1v) is 9.90. The predicted octanol–water partition coefficient (Wildman–Crippen LogP) is 1.97. The van der Waals surface area contributed by atoms with Gasteiger partial charge in [0.25, 0.3) is 0 Å². The Balaban J connectivity index is 1.94. The van der Waals surface area contributed by atoms with Crippen LogP contribution >= 0.6 is 0 Å². The molecule has 2 aromatic carbocycles. The molecule has 0 aromatic heterocycles. The molecule has 3 rings (SSSR count). The summed E-state index contributed by atoms with van der Waals surface area (Å²) in [6.07, 6.45) is 0. The molecule has 0 bridgehead atoms. The van der Waals surface area contributed by atoms with Crippen LogP contribution < -0.4 is 10.5 Å². The molecule has 144 valence electrons. The van der Waals surface area contributed by atoms with Gasteiger partial charge in [-0.05, 0) is 30.2 Å². The van der Waals surface area contributed by atoms with Crippen molar-refractivity contribution in [2.75, 3.05) is 26.7 Å². The largest absolute Gasteiger partial charge is 0.490 e. The zero-order valence-electron chi connectivity index (χ0n) is 14.8. The van der Waals surface area contributed by atoms with E-state index >= 15 is 0 Å². The number of hydrogen-bond donors (Lipinski definition) is 1. The third-order valence-electron chi connectivity index (χ3n) is 4.92. The molecular weight excluding hydrogens is 370 g/mol. The monoisotopic (exact) mass is 391 g/mol. The molecule has 1 fully saturated rings. The minimum absolute atomic E-state index is 0.0146. The molecule has 0 unspecified atom stereocenters. The van der Waals surface area contributed by atoms with E-state index in [1.54, 1.807) is 0 Å². The Morgan fingerprint density at radius 3 is 2.52 bits per heavy atom. The Morgan fingerprint density at radius 1 is 1.22 bits per heavy atom. The van der Waals surface area contributed by atoms with Gasteiger partial charge in [-0.2, -0.15) is 4.31 Å². The molecule has 0 amide bonds. The summed E-state index contributed by atoms with van der Waals surface area (Å²) in [7, 11) is -2.59. The van der Waals surface area contributed by atoms with Crippen LogP contribution in [0.25, 0.3) is 0 Å². The van der Waals surface area contributed by atoms with Crippen LogP contribution in [0.1, 0.15) is 11.5 Å². The standard InChI is InChI=1S/C18H21N3O5S/c1-26-18-8-7-15(9-17(18)21(22)23)27(24,25)20-11-14(10-19)16(12-20)13-5-3-2-4-6-13/h2-9,14,16H,10-12,19H2,1H3/t14-,16+/m1/s1. The first-order valence-electron chi connectivity index (χ1n) is 8.46. The van der Waals surface area contributed by atoms with E-state index < -0.39 is 14.9 Å². The van der Waals surface area contributed by atoms with Crippen molar-refractivity contribution in [2.24, 2.45) is 11.7 Å². The first-order chi connectivity index (χ1) is 12.9. The van der Waals surface area contributed by atoms with Crippen molar-refractivity contribution in [2.45, 2.75) is 10.8 Å². The summed E-state index contributed by atoms with van der Waals surface area (Å²) in [6, 6.07) is 13.3. The molecule has 1 aliphatic heterocycles. The van der Waals surface area contributed by atoms with E-state index in [4.69, 9.17) is 10.5 Å². The Kier molecular flexibility index (Phi) is 5.45. The van der Waals surface area contributed by atoms with Crippen LogP contribution in [0.5, 0.6) is 5.75 Å². The highest BCUT2D eigenvalue weighted by Gasteiger charge is 2.39. The number of ether oxygens (including phenoxy) is 1. The summed E-state index contributed by atoms with van der Waals surface area (Å²) in [6.45, 7) is 0.917. The van der Waals surface area contributed by atoms with Gasteiger partial charge in [0.1, 0.15) is 0 Å². The van der Waals surface area contributed by atoms with Crippen LogP contribution in [0.3, 0.4) is 0 Å². The van der Waals surface area contributed by atoms with Gasteiger partial charge in [0.2, 0.25) is 10.0 Å². The summed E-state index contributed by atoms with van der Waals surface area (Å²) >= 11 is 0. The maximum atomic E-state index is 13.1. The lowest BCUT2D eigenvalue weighted by Crippen LogP contribution is -2.30. The summed E-state index contributed by atoms with van der Waals surface area (Å²) in [5.74, 6) is -0.0167. The molecule has 1 heterocycles. The van der Waals surface area contributed by atoms with Gasteiger partial charge in [-0.15, -0.1) is 0 Å². The Labute approximate surface area is 157 Å².